The van der Waals surface area contributed by atoms with Crippen molar-refractivity contribution in [1.82, 2.24) is 4.90 Å². The largest absolute Gasteiger partial charge is 0.497 e. The second-order valence-corrected chi connectivity index (χ2v) is 6.36. The van der Waals surface area contributed by atoms with E-state index < -0.39 is 0 Å². The highest BCUT2D eigenvalue weighted by atomic mass is 16.5. The minimum absolute atomic E-state index is 0.136. The van der Waals surface area contributed by atoms with E-state index >= 15 is 0 Å². The quantitative estimate of drug-likeness (QED) is 0.754. The zero-order valence-corrected chi connectivity index (χ0v) is 14.0. The average molecular weight is 315 g/mol. The van der Waals surface area contributed by atoms with Gasteiger partial charge in [0, 0.05) is 24.1 Å². The zero-order chi connectivity index (χ0) is 16.2. The molecule has 1 fully saturated rings. The Bertz CT molecular complexity index is 592. The Morgan fingerprint density at radius 2 is 2.00 bits per heavy atom. The topological polar surface area (TPSA) is 38.8 Å². The third-order valence-corrected chi connectivity index (χ3v) is 4.72. The van der Waals surface area contributed by atoms with Gasteiger partial charge in [-0.05, 0) is 50.3 Å². The number of rotatable bonds is 6. The van der Waals surface area contributed by atoms with Crippen LogP contribution in [-0.2, 0) is 11.3 Å². The first-order valence-corrected chi connectivity index (χ1v) is 8.39. The van der Waals surface area contributed by atoms with Gasteiger partial charge in [0.1, 0.15) is 11.5 Å². The molecule has 3 rings (SSSR count). The number of hydrogen-bond acceptors (Lipinski definition) is 3. The molecule has 0 aromatic heterocycles. The van der Waals surface area contributed by atoms with Crippen LogP contribution in [0.5, 0.6) is 11.5 Å². The summed E-state index contributed by atoms with van der Waals surface area (Å²) in [6.45, 7) is 0.601. The van der Waals surface area contributed by atoms with Crippen molar-refractivity contribution in [3.8, 4) is 11.5 Å². The molecule has 124 valence electrons. The van der Waals surface area contributed by atoms with Crippen molar-refractivity contribution in [2.45, 2.75) is 44.7 Å². The van der Waals surface area contributed by atoms with Gasteiger partial charge in [-0.15, -0.1) is 0 Å². The number of carbonyl (C=O) groups is 1. The molecule has 1 atom stereocenters. The van der Waals surface area contributed by atoms with Crippen molar-refractivity contribution in [2.75, 3.05) is 14.2 Å². The SMILES string of the molecule is COc1ccc(OC)c(CN(C(=O)C2CC=CCC2)C2CC2)c1. The van der Waals surface area contributed by atoms with Crippen LogP contribution in [0.15, 0.2) is 30.4 Å². The molecule has 1 unspecified atom stereocenters. The molecule has 0 heterocycles. The van der Waals surface area contributed by atoms with Gasteiger partial charge in [-0.1, -0.05) is 12.2 Å². The number of allylic oxidation sites excluding steroid dienone is 2. The molecule has 0 aliphatic heterocycles. The fourth-order valence-electron chi connectivity index (χ4n) is 3.21. The summed E-state index contributed by atoms with van der Waals surface area (Å²) in [4.78, 5) is 15.0. The van der Waals surface area contributed by atoms with Gasteiger partial charge in [-0.3, -0.25) is 4.79 Å². The Balaban J connectivity index is 1.79. The van der Waals surface area contributed by atoms with Crippen LogP contribution in [0.3, 0.4) is 0 Å². The third kappa shape index (κ3) is 3.69. The number of ether oxygens (including phenoxy) is 2. The minimum Gasteiger partial charge on any atom is -0.497 e. The highest BCUT2D eigenvalue weighted by molar-refractivity contribution is 5.80. The van der Waals surface area contributed by atoms with E-state index in [2.05, 4.69) is 17.1 Å². The van der Waals surface area contributed by atoms with E-state index in [1.54, 1.807) is 14.2 Å². The molecule has 0 spiro atoms. The number of carbonyl (C=O) groups excluding carboxylic acids is 1. The van der Waals surface area contributed by atoms with Crippen LogP contribution in [0.4, 0.5) is 0 Å². The van der Waals surface area contributed by atoms with Crippen molar-refractivity contribution >= 4 is 5.91 Å². The average Bonchev–Trinajstić information content (AvgIpc) is 3.44. The van der Waals surface area contributed by atoms with Crippen molar-refractivity contribution < 1.29 is 14.3 Å². The van der Waals surface area contributed by atoms with Gasteiger partial charge >= 0.3 is 0 Å². The second kappa shape index (κ2) is 7.07. The van der Waals surface area contributed by atoms with Crippen LogP contribution in [0.2, 0.25) is 0 Å². The highest BCUT2D eigenvalue weighted by Gasteiger charge is 2.36. The summed E-state index contributed by atoms with van der Waals surface area (Å²) in [5.41, 5.74) is 1.01. The molecule has 1 amide bonds. The fraction of sp³-hybridized carbons (Fsp3) is 0.526. The lowest BCUT2D eigenvalue weighted by atomic mass is 9.93. The first-order valence-electron chi connectivity index (χ1n) is 8.39. The predicted molar refractivity (Wildman–Crippen MR) is 89.6 cm³/mol. The van der Waals surface area contributed by atoms with Crippen LogP contribution < -0.4 is 9.47 Å². The lowest BCUT2D eigenvalue weighted by molar-refractivity contribution is -0.137. The van der Waals surface area contributed by atoms with E-state index in [4.69, 9.17) is 9.47 Å². The van der Waals surface area contributed by atoms with Gasteiger partial charge in [-0.2, -0.15) is 0 Å². The lowest BCUT2D eigenvalue weighted by Crippen LogP contribution is -2.37. The Morgan fingerprint density at radius 3 is 2.61 bits per heavy atom. The van der Waals surface area contributed by atoms with E-state index in [0.29, 0.717) is 18.5 Å². The van der Waals surface area contributed by atoms with Crippen molar-refractivity contribution in [1.29, 1.82) is 0 Å². The highest BCUT2D eigenvalue weighted by Crippen LogP contribution is 2.34. The Labute approximate surface area is 138 Å². The van der Waals surface area contributed by atoms with Crippen LogP contribution >= 0.6 is 0 Å². The van der Waals surface area contributed by atoms with Crippen LogP contribution in [-0.4, -0.2) is 31.1 Å². The summed E-state index contributed by atoms with van der Waals surface area (Å²) >= 11 is 0. The maximum absolute atomic E-state index is 13.0. The van der Waals surface area contributed by atoms with E-state index in [0.717, 1.165) is 49.2 Å². The number of hydrogen-bond donors (Lipinski definition) is 0. The van der Waals surface area contributed by atoms with Gasteiger partial charge in [0.2, 0.25) is 5.91 Å². The molecule has 1 aromatic carbocycles. The second-order valence-electron chi connectivity index (χ2n) is 6.36. The Hall–Kier alpha value is -1.97. The maximum Gasteiger partial charge on any atom is 0.226 e. The van der Waals surface area contributed by atoms with Crippen molar-refractivity contribution in [2.24, 2.45) is 5.92 Å². The Morgan fingerprint density at radius 1 is 1.17 bits per heavy atom. The summed E-state index contributed by atoms with van der Waals surface area (Å²) in [5.74, 6) is 2.04. The van der Waals surface area contributed by atoms with Crippen LogP contribution in [0.25, 0.3) is 0 Å². The van der Waals surface area contributed by atoms with Gasteiger partial charge in [0.05, 0.1) is 14.2 Å². The lowest BCUT2D eigenvalue weighted by Gasteiger charge is -2.28. The van der Waals surface area contributed by atoms with Crippen LogP contribution in [0.1, 0.15) is 37.7 Å². The number of methoxy groups -OCH3 is 2. The smallest absolute Gasteiger partial charge is 0.226 e. The van der Waals surface area contributed by atoms with E-state index in [-0.39, 0.29) is 5.92 Å². The normalized spacial score (nSPS) is 20.2. The molecule has 23 heavy (non-hydrogen) atoms. The molecular formula is C19H25NO3. The molecule has 0 radical (unpaired) electrons. The van der Waals surface area contributed by atoms with Crippen molar-refractivity contribution in [3.05, 3.63) is 35.9 Å². The van der Waals surface area contributed by atoms with E-state index in [1.165, 1.54) is 0 Å². The number of nitrogens with zero attached hydrogens (tertiary/aromatic N) is 1. The zero-order valence-electron chi connectivity index (χ0n) is 14.0. The minimum atomic E-state index is 0.136. The molecule has 1 saturated carbocycles. The summed E-state index contributed by atoms with van der Waals surface area (Å²) in [5, 5.41) is 0. The summed E-state index contributed by atoms with van der Waals surface area (Å²) < 4.78 is 10.8. The monoisotopic (exact) mass is 315 g/mol. The maximum atomic E-state index is 13.0. The first-order chi connectivity index (χ1) is 11.2. The molecule has 0 N–H and O–H groups in total. The number of amides is 1. The molecule has 2 aliphatic rings. The molecule has 4 heteroatoms. The molecule has 0 bridgehead atoms. The summed E-state index contributed by atoms with van der Waals surface area (Å²) in [6, 6.07) is 6.16. The van der Waals surface area contributed by atoms with Crippen molar-refractivity contribution in [3.63, 3.8) is 0 Å². The standard InChI is InChI=1S/C19H25NO3/c1-22-17-10-11-18(23-2)15(12-17)13-20(16-8-9-16)19(21)14-6-4-3-5-7-14/h3-4,10-12,14,16H,5-9,13H2,1-2H3. The Kier molecular flexibility index (Phi) is 4.89. The first kappa shape index (κ1) is 15.9. The molecular weight excluding hydrogens is 290 g/mol. The third-order valence-electron chi connectivity index (χ3n) is 4.72. The van der Waals surface area contributed by atoms with Crippen LogP contribution in [0, 0.1) is 5.92 Å². The summed E-state index contributed by atoms with van der Waals surface area (Å²) in [6.07, 6.45) is 9.39. The fourth-order valence-corrected chi connectivity index (χ4v) is 3.21. The number of benzene rings is 1. The van der Waals surface area contributed by atoms with Gasteiger partial charge in [0.25, 0.3) is 0 Å². The van der Waals surface area contributed by atoms with Gasteiger partial charge < -0.3 is 14.4 Å². The van der Waals surface area contributed by atoms with Gasteiger partial charge in [-0.25, -0.2) is 0 Å². The van der Waals surface area contributed by atoms with Gasteiger partial charge in [0.15, 0.2) is 0 Å². The predicted octanol–water partition coefficient (Wildman–Crippen LogP) is 3.55. The summed E-state index contributed by atoms with van der Waals surface area (Å²) in [7, 11) is 3.32. The molecule has 1 aromatic rings. The molecule has 4 nitrogen and oxygen atoms in total. The molecule has 2 aliphatic carbocycles. The van der Waals surface area contributed by atoms with E-state index in [9.17, 15) is 4.79 Å². The molecule has 0 saturated heterocycles. The van der Waals surface area contributed by atoms with E-state index in [1.807, 2.05) is 18.2 Å².